The number of sulfonamides is 1. The van der Waals surface area contributed by atoms with Gasteiger partial charge in [-0.2, -0.15) is 4.31 Å². The van der Waals surface area contributed by atoms with Gasteiger partial charge in [0.05, 0.1) is 18.6 Å². The molecule has 1 aliphatic rings. The van der Waals surface area contributed by atoms with E-state index < -0.39 is 32.9 Å². The molecule has 206 valence electrons. The number of nitrogens with zero attached hydrogens (tertiary/aromatic N) is 1. The van der Waals surface area contributed by atoms with E-state index in [2.05, 4.69) is 0 Å². The summed E-state index contributed by atoms with van der Waals surface area (Å²) >= 11 is 0. The van der Waals surface area contributed by atoms with Gasteiger partial charge in [-0.1, -0.05) is 72.3 Å². The molecular formula is C32H31NO6S. The molecule has 40 heavy (non-hydrogen) atoms. The Hall–Kier alpha value is -4.01. The second-order valence-electron chi connectivity index (χ2n) is 10.1. The molecular weight excluding hydrogens is 526 g/mol. The van der Waals surface area contributed by atoms with Gasteiger partial charge in [-0.05, 0) is 72.5 Å². The summed E-state index contributed by atoms with van der Waals surface area (Å²) in [6.45, 7) is 4.87. The first-order valence-electron chi connectivity index (χ1n) is 13.0. The fourth-order valence-corrected chi connectivity index (χ4v) is 7.67. The van der Waals surface area contributed by atoms with E-state index in [-0.39, 0.29) is 18.0 Å². The third-order valence-electron chi connectivity index (χ3n) is 7.90. The van der Waals surface area contributed by atoms with Gasteiger partial charge in [0.1, 0.15) is 5.41 Å². The number of rotatable bonds is 6. The zero-order chi connectivity index (χ0) is 28.7. The highest BCUT2D eigenvalue weighted by Crippen LogP contribution is 2.54. The first-order valence-corrected chi connectivity index (χ1v) is 14.5. The zero-order valence-electron chi connectivity index (χ0n) is 22.9. The van der Waals surface area contributed by atoms with Crippen molar-refractivity contribution in [3.63, 3.8) is 0 Å². The average molecular weight is 558 g/mol. The molecule has 0 aromatic heterocycles. The Morgan fingerprint density at radius 2 is 1.48 bits per heavy atom. The molecule has 0 radical (unpaired) electrons. The van der Waals surface area contributed by atoms with Crippen molar-refractivity contribution in [2.24, 2.45) is 0 Å². The Kier molecular flexibility index (Phi) is 7.02. The van der Waals surface area contributed by atoms with E-state index >= 15 is 0 Å². The summed E-state index contributed by atoms with van der Waals surface area (Å²) < 4.78 is 41.1. The molecule has 0 saturated carbocycles. The van der Waals surface area contributed by atoms with Crippen LogP contribution in [-0.4, -0.2) is 43.9 Å². The van der Waals surface area contributed by atoms with Crippen LogP contribution in [0.2, 0.25) is 0 Å². The Balaban J connectivity index is 1.97. The molecule has 0 amide bonds. The predicted molar refractivity (Wildman–Crippen MR) is 152 cm³/mol. The topological polar surface area (TPSA) is 90.0 Å². The lowest BCUT2D eigenvalue weighted by atomic mass is 9.58. The van der Waals surface area contributed by atoms with E-state index in [1.54, 1.807) is 49.4 Å². The number of carbonyl (C=O) groups excluding carboxylic acids is 2. The molecule has 1 aliphatic heterocycles. The number of esters is 2. The third kappa shape index (κ3) is 3.93. The normalized spacial score (nSPS) is 21.0. The van der Waals surface area contributed by atoms with Gasteiger partial charge in [0.25, 0.3) is 0 Å². The quantitative estimate of drug-likeness (QED) is 0.305. The molecule has 4 aromatic carbocycles. The average Bonchev–Trinajstić information content (AvgIpc) is 2.96. The van der Waals surface area contributed by atoms with Gasteiger partial charge in [-0.3, -0.25) is 4.79 Å². The van der Waals surface area contributed by atoms with Crippen LogP contribution in [0.4, 0.5) is 0 Å². The fourth-order valence-electron chi connectivity index (χ4n) is 5.94. The van der Waals surface area contributed by atoms with Crippen LogP contribution in [0.3, 0.4) is 0 Å². The highest BCUT2D eigenvalue weighted by molar-refractivity contribution is 7.89. The Labute approximate surface area is 234 Å². The number of ether oxygens (including phenoxy) is 2. The summed E-state index contributed by atoms with van der Waals surface area (Å²) in [5, 5.41) is 1.72. The number of benzene rings is 4. The van der Waals surface area contributed by atoms with Gasteiger partial charge in [-0.25, -0.2) is 13.2 Å². The molecule has 0 spiro atoms. The number of hydrogen-bond acceptors (Lipinski definition) is 6. The van der Waals surface area contributed by atoms with Crippen LogP contribution in [0.1, 0.15) is 36.1 Å². The molecule has 8 heteroatoms. The molecule has 5 rings (SSSR count). The van der Waals surface area contributed by atoms with Crippen LogP contribution in [0.5, 0.6) is 0 Å². The Morgan fingerprint density at radius 3 is 2.08 bits per heavy atom. The first-order chi connectivity index (χ1) is 19.1. The van der Waals surface area contributed by atoms with Gasteiger partial charge in [0.2, 0.25) is 10.0 Å². The van der Waals surface area contributed by atoms with Crippen molar-refractivity contribution < 1.29 is 27.5 Å². The first kappa shape index (κ1) is 27.6. The van der Waals surface area contributed by atoms with E-state index in [9.17, 15) is 18.0 Å². The van der Waals surface area contributed by atoms with E-state index in [4.69, 9.17) is 9.47 Å². The van der Waals surface area contributed by atoms with E-state index in [0.717, 1.165) is 20.6 Å². The molecule has 0 unspecified atom stereocenters. The summed E-state index contributed by atoms with van der Waals surface area (Å²) in [5.74, 6) is -1.62. The van der Waals surface area contributed by atoms with Gasteiger partial charge in [-0.15, -0.1) is 0 Å². The molecule has 0 N–H and O–H groups in total. The van der Waals surface area contributed by atoms with Crippen molar-refractivity contribution in [3.8, 4) is 0 Å². The molecule has 0 bridgehead atoms. The van der Waals surface area contributed by atoms with E-state index in [0.29, 0.717) is 16.7 Å². The third-order valence-corrected chi connectivity index (χ3v) is 9.84. The van der Waals surface area contributed by atoms with Crippen LogP contribution < -0.4 is 0 Å². The monoisotopic (exact) mass is 557 g/mol. The lowest BCUT2D eigenvalue weighted by molar-refractivity contribution is -0.168. The fraction of sp³-hybridized carbons (Fsp3) is 0.250. The summed E-state index contributed by atoms with van der Waals surface area (Å²) in [7, 11) is -3.14. The SMILES string of the molecule is CCOC(=O)[C@]1(c2ccccc2)c2cc3ccccc3cc2CN(S(=O)(=O)c2ccc(C)cc2)[C@@]1(C)C(=O)OC. The van der Waals surface area contributed by atoms with Crippen LogP contribution in [0, 0.1) is 6.92 Å². The standard InChI is InChI=1S/C32H31NO6S/c1-5-39-30(35)32(26-13-7-6-8-14-26)28-20-24-12-10-9-11-23(24)19-25(28)21-33(31(32,3)29(34)38-4)40(36,37)27-17-15-22(2)16-18-27/h6-20H,5,21H2,1-4H3/t31-,32-/m0/s1. The van der Waals surface area contributed by atoms with Gasteiger partial charge in [0, 0.05) is 6.54 Å². The summed E-state index contributed by atoms with van der Waals surface area (Å²) in [6, 6.07) is 26.5. The van der Waals surface area contributed by atoms with Crippen molar-refractivity contribution >= 4 is 32.7 Å². The van der Waals surface area contributed by atoms with Crippen molar-refractivity contribution in [3.05, 3.63) is 113 Å². The van der Waals surface area contributed by atoms with Crippen LogP contribution >= 0.6 is 0 Å². The van der Waals surface area contributed by atoms with Crippen LogP contribution in [-0.2, 0) is 41.0 Å². The van der Waals surface area contributed by atoms with Crippen molar-refractivity contribution in [2.75, 3.05) is 13.7 Å². The van der Waals surface area contributed by atoms with E-state index in [1.165, 1.54) is 26.2 Å². The molecule has 7 nitrogen and oxygen atoms in total. The Bertz CT molecular complexity index is 1700. The minimum atomic E-state index is -4.34. The minimum Gasteiger partial charge on any atom is -0.468 e. The largest absolute Gasteiger partial charge is 0.468 e. The van der Waals surface area contributed by atoms with Crippen LogP contribution in [0.25, 0.3) is 10.8 Å². The molecule has 1 heterocycles. The summed E-state index contributed by atoms with van der Waals surface area (Å²) in [4.78, 5) is 28.5. The summed E-state index contributed by atoms with van der Waals surface area (Å²) in [6.07, 6.45) is 0. The zero-order valence-corrected chi connectivity index (χ0v) is 23.7. The highest BCUT2D eigenvalue weighted by Gasteiger charge is 2.69. The van der Waals surface area contributed by atoms with E-state index in [1.807, 2.05) is 43.3 Å². The van der Waals surface area contributed by atoms with Crippen molar-refractivity contribution in [1.29, 1.82) is 0 Å². The predicted octanol–water partition coefficient (Wildman–Crippen LogP) is 5.13. The molecule has 4 aromatic rings. The maximum Gasteiger partial charge on any atom is 0.328 e. The molecule has 0 fully saturated rings. The Morgan fingerprint density at radius 1 is 0.875 bits per heavy atom. The number of aryl methyl sites for hydroxylation is 1. The number of fused-ring (bicyclic) bond motifs is 2. The van der Waals surface area contributed by atoms with Crippen LogP contribution in [0.15, 0.2) is 95.9 Å². The number of carbonyl (C=O) groups is 2. The highest BCUT2D eigenvalue weighted by atomic mass is 32.2. The molecule has 0 aliphatic carbocycles. The van der Waals surface area contributed by atoms with Crippen molar-refractivity contribution in [1.82, 2.24) is 4.31 Å². The molecule has 2 atom stereocenters. The lowest BCUT2D eigenvalue weighted by Crippen LogP contribution is -2.72. The maximum atomic E-state index is 14.5. The smallest absolute Gasteiger partial charge is 0.328 e. The second-order valence-corrected chi connectivity index (χ2v) is 11.9. The molecule has 0 saturated heterocycles. The second kappa shape index (κ2) is 10.2. The van der Waals surface area contributed by atoms with Gasteiger partial charge < -0.3 is 9.47 Å². The number of methoxy groups -OCH3 is 1. The van der Waals surface area contributed by atoms with Gasteiger partial charge >= 0.3 is 11.9 Å². The maximum absolute atomic E-state index is 14.5. The van der Waals surface area contributed by atoms with Gasteiger partial charge in [0.15, 0.2) is 5.54 Å². The minimum absolute atomic E-state index is 0.00304. The summed E-state index contributed by atoms with van der Waals surface area (Å²) in [5.41, 5.74) is -1.56. The number of hydrogen-bond donors (Lipinski definition) is 0. The van der Waals surface area contributed by atoms with Crippen molar-refractivity contribution in [2.45, 2.75) is 43.2 Å². The lowest BCUT2D eigenvalue weighted by Gasteiger charge is -2.53.